The van der Waals surface area contributed by atoms with Crippen LogP contribution in [0.5, 0.6) is 0 Å². The van der Waals surface area contributed by atoms with Crippen molar-refractivity contribution in [3.8, 4) is 0 Å². The zero-order chi connectivity index (χ0) is 4.28. The molecule has 40 valence electrons. The van der Waals surface area contributed by atoms with Crippen molar-refractivity contribution in [3.63, 3.8) is 0 Å². The Morgan fingerprint density at radius 3 is 1.83 bits per heavy atom. The van der Waals surface area contributed by atoms with Crippen LogP contribution in [0.3, 0.4) is 0 Å². The molecule has 1 nitrogen and oxygen atoms in total. The Balaban J connectivity index is 0. The minimum atomic E-state index is -0.116. The number of hydrogen-bond donors (Lipinski definition) is 1. The first-order valence-corrected chi connectivity index (χ1v) is 1.95. The van der Waals surface area contributed by atoms with Crippen LogP contribution in [0, 0.1) is 0 Å². The first-order chi connectivity index (χ1) is 2.27. The van der Waals surface area contributed by atoms with Gasteiger partial charge < -0.3 is 5.11 Å². The van der Waals surface area contributed by atoms with Crippen LogP contribution in [0.2, 0.25) is 0 Å². The molecule has 0 rings (SSSR count). The van der Waals surface area contributed by atoms with E-state index in [2.05, 4.69) is 0 Å². The van der Waals surface area contributed by atoms with E-state index >= 15 is 0 Å². The predicted molar refractivity (Wildman–Crippen MR) is 22.0 cm³/mol. The third-order valence-corrected chi connectivity index (χ3v) is 0.591. The SMILES string of the molecule is CCC(C)O.[Fe]. The van der Waals surface area contributed by atoms with Gasteiger partial charge in [-0.2, -0.15) is 0 Å². The molecule has 0 heterocycles. The van der Waals surface area contributed by atoms with Gasteiger partial charge in [0.05, 0.1) is 6.10 Å². The zero-order valence-corrected chi connectivity index (χ0v) is 5.19. The van der Waals surface area contributed by atoms with E-state index in [-0.39, 0.29) is 23.2 Å². The van der Waals surface area contributed by atoms with Gasteiger partial charge in [0.25, 0.3) is 0 Å². The van der Waals surface area contributed by atoms with E-state index in [9.17, 15) is 0 Å². The van der Waals surface area contributed by atoms with Gasteiger partial charge >= 0.3 is 0 Å². The van der Waals surface area contributed by atoms with Crippen molar-refractivity contribution >= 4 is 0 Å². The van der Waals surface area contributed by atoms with E-state index in [1.54, 1.807) is 6.92 Å². The predicted octanol–water partition coefficient (Wildman–Crippen LogP) is 0.775. The largest absolute Gasteiger partial charge is 0.393 e. The van der Waals surface area contributed by atoms with Gasteiger partial charge in [0.1, 0.15) is 0 Å². The smallest absolute Gasteiger partial charge is 0.0509 e. The van der Waals surface area contributed by atoms with Crippen LogP contribution in [0.1, 0.15) is 20.3 Å². The molecule has 0 amide bonds. The van der Waals surface area contributed by atoms with Crippen LogP contribution >= 0.6 is 0 Å². The van der Waals surface area contributed by atoms with Crippen LogP contribution in [0.4, 0.5) is 0 Å². The van der Waals surface area contributed by atoms with E-state index < -0.39 is 0 Å². The van der Waals surface area contributed by atoms with E-state index in [0.717, 1.165) is 6.42 Å². The maximum absolute atomic E-state index is 8.36. The second-order valence-corrected chi connectivity index (χ2v) is 1.26. The summed E-state index contributed by atoms with van der Waals surface area (Å²) in [5, 5.41) is 8.36. The normalized spacial score (nSPS) is 12.5. The molecule has 0 bridgehead atoms. The van der Waals surface area contributed by atoms with Gasteiger partial charge in [-0.1, -0.05) is 6.92 Å². The van der Waals surface area contributed by atoms with E-state index in [4.69, 9.17) is 5.11 Å². The molecule has 0 aromatic rings. The average molecular weight is 130 g/mol. The van der Waals surface area contributed by atoms with Crippen molar-refractivity contribution < 1.29 is 22.2 Å². The molecule has 1 atom stereocenters. The van der Waals surface area contributed by atoms with Gasteiger partial charge in [0.2, 0.25) is 0 Å². The fourth-order valence-corrected chi connectivity index (χ4v) is 0. The van der Waals surface area contributed by atoms with Crippen molar-refractivity contribution in [2.45, 2.75) is 26.4 Å². The zero-order valence-electron chi connectivity index (χ0n) is 4.09. The van der Waals surface area contributed by atoms with Crippen LogP contribution in [0.15, 0.2) is 0 Å². The Labute approximate surface area is 49.2 Å². The summed E-state index contributed by atoms with van der Waals surface area (Å²) in [6.45, 7) is 3.73. The van der Waals surface area contributed by atoms with E-state index in [0.29, 0.717) is 0 Å². The molecule has 0 saturated heterocycles. The summed E-state index contributed by atoms with van der Waals surface area (Å²) in [6, 6.07) is 0. The van der Waals surface area contributed by atoms with Crippen LogP contribution in [0.25, 0.3) is 0 Å². The number of hydrogen-bond acceptors (Lipinski definition) is 1. The molecule has 0 saturated carbocycles. The maximum Gasteiger partial charge on any atom is 0.0509 e. The Hall–Kier alpha value is 0.479. The minimum absolute atomic E-state index is 0. The minimum Gasteiger partial charge on any atom is -0.393 e. The van der Waals surface area contributed by atoms with Gasteiger partial charge in [-0.05, 0) is 13.3 Å². The molecule has 0 aromatic carbocycles. The fourth-order valence-electron chi connectivity index (χ4n) is 0. The second-order valence-electron chi connectivity index (χ2n) is 1.26. The molecule has 0 spiro atoms. The molecule has 1 unspecified atom stereocenters. The van der Waals surface area contributed by atoms with Crippen LogP contribution in [-0.2, 0) is 17.1 Å². The van der Waals surface area contributed by atoms with Gasteiger partial charge in [0, 0.05) is 17.1 Å². The molecule has 0 aliphatic rings. The topological polar surface area (TPSA) is 20.2 Å². The quantitative estimate of drug-likeness (QED) is 0.520. The molecular formula is C4H10FeO. The van der Waals surface area contributed by atoms with Gasteiger partial charge in [-0.25, -0.2) is 0 Å². The summed E-state index contributed by atoms with van der Waals surface area (Å²) in [6.07, 6.45) is 0.745. The molecular weight excluding hydrogens is 120 g/mol. The molecule has 0 radical (unpaired) electrons. The van der Waals surface area contributed by atoms with Gasteiger partial charge in [-0.15, -0.1) is 0 Å². The average Bonchev–Trinajstić information content (AvgIpc) is 1.38. The van der Waals surface area contributed by atoms with Crippen molar-refractivity contribution in [1.29, 1.82) is 0 Å². The summed E-state index contributed by atoms with van der Waals surface area (Å²) >= 11 is 0. The number of aliphatic hydroxyl groups is 1. The standard InChI is InChI=1S/C4H10O.Fe/c1-3-4(2)5;/h4-5H,3H2,1-2H3;. The first kappa shape index (κ1) is 9.70. The summed E-state index contributed by atoms with van der Waals surface area (Å²) in [5.41, 5.74) is 0. The summed E-state index contributed by atoms with van der Waals surface area (Å²) < 4.78 is 0. The summed E-state index contributed by atoms with van der Waals surface area (Å²) in [7, 11) is 0. The Kier molecular flexibility index (Phi) is 8.85. The van der Waals surface area contributed by atoms with Crippen molar-refractivity contribution in [2.24, 2.45) is 0 Å². The van der Waals surface area contributed by atoms with Gasteiger partial charge in [0.15, 0.2) is 0 Å². The molecule has 0 aliphatic carbocycles. The van der Waals surface area contributed by atoms with Crippen molar-refractivity contribution in [1.82, 2.24) is 0 Å². The molecule has 6 heavy (non-hydrogen) atoms. The monoisotopic (exact) mass is 130 g/mol. The van der Waals surface area contributed by atoms with Gasteiger partial charge in [-0.3, -0.25) is 0 Å². The van der Waals surface area contributed by atoms with Crippen molar-refractivity contribution in [3.05, 3.63) is 0 Å². The third kappa shape index (κ3) is 8.82. The molecule has 0 aliphatic heterocycles. The fraction of sp³-hybridized carbons (Fsp3) is 1.00. The van der Waals surface area contributed by atoms with E-state index in [1.165, 1.54) is 0 Å². The number of rotatable bonds is 1. The molecule has 0 fully saturated rings. The summed E-state index contributed by atoms with van der Waals surface area (Å²) in [5.74, 6) is 0. The molecule has 0 aromatic heterocycles. The Morgan fingerprint density at radius 1 is 1.67 bits per heavy atom. The molecule has 2 heteroatoms. The van der Waals surface area contributed by atoms with Crippen LogP contribution in [-0.4, -0.2) is 11.2 Å². The van der Waals surface area contributed by atoms with Crippen LogP contribution < -0.4 is 0 Å². The summed E-state index contributed by atoms with van der Waals surface area (Å²) in [4.78, 5) is 0. The Bertz CT molecular complexity index is 21.5. The third-order valence-electron chi connectivity index (χ3n) is 0.591. The number of aliphatic hydroxyl groups excluding tert-OH is 1. The van der Waals surface area contributed by atoms with E-state index in [1.807, 2.05) is 6.92 Å². The Morgan fingerprint density at radius 2 is 1.83 bits per heavy atom. The van der Waals surface area contributed by atoms with Crippen molar-refractivity contribution in [2.75, 3.05) is 0 Å². The maximum atomic E-state index is 8.36. The molecule has 1 N–H and O–H groups in total. The first-order valence-electron chi connectivity index (χ1n) is 1.95. The second kappa shape index (κ2) is 5.48.